The Kier molecular flexibility index (Phi) is 7.31. The van der Waals surface area contributed by atoms with Crippen molar-refractivity contribution in [3.8, 4) is 11.6 Å². The number of hydrogen-bond donors (Lipinski definition) is 0. The Balaban J connectivity index is 1.25. The van der Waals surface area contributed by atoms with E-state index in [-0.39, 0.29) is 12.1 Å². The summed E-state index contributed by atoms with van der Waals surface area (Å²) >= 11 is 0. The highest BCUT2D eigenvalue weighted by Gasteiger charge is 2.43. The number of aryl methyl sites for hydroxylation is 1. The summed E-state index contributed by atoms with van der Waals surface area (Å²) < 4.78 is 26.8. The fraction of sp³-hybridized carbons (Fsp3) is 0.594. The standard InChI is InChI=1S/C32H42FN7O3/c1-20-15-40-24(16-39(20)32(41)21(2)33)19-42-29-28(40)25-10-14-38(30-27-22(9-11-34-30)7-5-13-37(27)4)17-26(25)35-31(29)43-18-23-8-6-12-36(23)3/h9,11,20,23-24H,2,5-8,10,12-19H2,1,3-4H3/t20-,23+,24-/m1/s1. The van der Waals surface area contributed by atoms with Crippen molar-refractivity contribution in [2.75, 3.05) is 74.7 Å². The zero-order valence-electron chi connectivity index (χ0n) is 25.5. The summed E-state index contributed by atoms with van der Waals surface area (Å²) in [7, 11) is 4.30. The quantitative estimate of drug-likeness (QED) is 0.488. The van der Waals surface area contributed by atoms with Gasteiger partial charge in [-0.25, -0.2) is 14.4 Å². The van der Waals surface area contributed by atoms with Crippen molar-refractivity contribution in [2.24, 2.45) is 0 Å². The molecule has 5 aliphatic heterocycles. The molecule has 5 aliphatic rings. The van der Waals surface area contributed by atoms with Crippen molar-refractivity contribution in [3.05, 3.63) is 41.5 Å². The SMILES string of the molecule is C=C(F)C(=O)N1C[C@@H]2COc3c(OC[C@@H]4CCCN4C)nc4c(c3N2C[C@H]1C)CCN(c1nccc2c1N(C)CCC2)C4. The number of piperazine rings is 1. The molecule has 2 saturated heterocycles. The van der Waals surface area contributed by atoms with Crippen LogP contribution in [0, 0.1) is 0 Å². The number of hydrogen-bond acceptors (Lipinski definition) is 9. The van der Waals surface area contributed by atoms with Gasteiger partial charge in [0.25, 0.3) is 11.8 Å². The largest absolute Gasteiger partial charge is 0.484 e. The molecule has 2 aromatic rings. The normalized spacial score (nSPS) is 25.0. The third-order valence-electron chi connectivity index (χ3n) is 9.99. The van der Waals surface area contributed by atoms with Gasteiger partial charge in [-0.15, -0.1) is 0 Å². The number of likely N-dealkylation sites (N-methyl/N-ethyl adjacent to an activating group) is 1. The minimum atomic E-state index is -0.922. The van der Waals surface area contributed by atoms with E-state index in [9.17, 15) is 9.18 Å². The predicted molar refractivity (Wildman–Crippen MR) is 164 cm³/mol. The van der Waals surface area contributed by atoms with Gasteiger partial charge in [-0.05, 0) is 64.3 Å². The molecule has 0 bridgehead atoms. The summed E-state index contributed by atoms with van der Waals surface area (Å²) in [6.07, 6.45) is 7.21. The van der Waals surface area contributed by atoms with E-state index < -0.39 is 11.7 Å². The molecule has 7 heterocycles. The summed E-state index contributed by atoms with van der Waals surface area (Å²) in [6.45, 7) is 10.6. The van der Waals surface area contributed by atoms with Crippen LogP contribution in [0.2, 0.25) is 0 Å². The Labute approximate surface area is 253 Å². The number of carbonyl (C=O) groups is 1. The van der Waals surface area contributed by atoms with E-state index in [1.54, 1.807) is 4.90 Å². The molecule has 0 spiro atoms. The zero-order valence-corrected chi connectivity index (χ0v) is 25.5. The first-order chi connectivity index (χ1) is 20.8. The molecule has 0 aromatic carbocycles. The second kappa shape index (κ2) is 11.2. The highest BCUT2D eigenvalue weighted by atomic mass is 19.1. The molecule has 0 unspecified atom stereocenters. The fourth-order valence-electron chi connectivity index (χ4n) is 7.62. The summed E-state index contributed by atoms with van der Waals surface area (Å²) in [5.74, 6) is 0.688. The highest BCUT2D eigenvalue weighted by Crippen LogP contribution is 2.48. The molecule has 43 heavy (non-hydrogen) atoms. The fourth-order valence-corrected chi connectivity index (χ4v) is 7.62. The van der Waals surface area contributed by atoms with Gasteiger partial charge >= 0.3 is 0 Å². The molecule has 0 radical (unpaired) electrons. The topological polar surface area (TPSA) is 77.5 Å². The molecule has 11 heteroatoms. The van der Waals surface area contributed by atoms with Gasteiger partial charge in [0.1, 0.15) is 13.2 Å². The Morgan fingerprint density at radius 1 is 1.16 bits per heavy atom. The van der Waals surface area contributed by atoms with Gasteiger partial charge in [-0.3, -0.25) is 4.79 Å². The van der Waals surface area contributed by atoms with Crippen molar-refractivity contribution >= 4 is 23.1 Å². The molecule has 230 valence electrons. The number of aromatic nitrogens is 2. The number of rotatable bonds is 5. The molecule has 7 rings (SSSR count). The summed E-state index contributed by atoms with van der Waals surface area (Å²) in [6, 6.07) is 2.22. The van der Waals surface area contributed by atoms with Crippen LogP contribution in [0.3, 0.4) is 0 Å². The first-order valence-corrected chi connectivity index (χ1v) is 15.7. The Hall–Kier alpha value is -3.60. The van der Waals surface area contributed by atoms with Crippen molar-refractivity contribution in [1.29, 1.82) is 0 Å². The average molecular weight is 592 g/mol. The minimum absolute atomic E-state index is 0.0956. The van der Waals surface area contributed by atoms with E-state index in [0.29, 0.717) is 50.5 Å². The minimum Gasteiger partial charge on any atom is -0.484 e. The number of pyridine rings is 2. The van der Waals surface area contributed by atoms with Crippen molar-refractivity contribution in [1.82, 2.24) is 19.8 Å². The van der Waals surface area contributed by atoms with Crippen LogP contribution in [-0.4, -0.2) is 104 Å². The monoisotopic (exact) mass is 591 g/mol. The van der Waals surface area contributed by atoms with Gasteiger partial charge in [-0.2, -0.15) is 0 Å². The van der Waals surface area contributed by atoms with Gasteiger partial charge < -0.3 is 34.0 Å². The second-order valence-electron chi connectivity index (χ2n) is 12.8. The molecule has 3 atom stereocenters. The van der Waals surface area contributed by atoms with Gasteiger partial charge in [0.15, 0.2) is 11.6 Å². The number of likely N-dealkylation sites (tertiary alicyclic amines) is 1. The lowest BCUT2D eigenvalue weighted by Crippen LogP contribution is -2.62. The second-order valence-corrected chi connectivity index (χ2v) is 12.8. The maximum Gasteiger partial charge on any atom is 0.282 e. The Bertz CT molecular complexity index is 1440. The zero-order chi connectivity index (χ0) is 29.8. The Morgan fingerprint density at radius 2 is 2.02 bits per heavy atom. The van der Waals surface area contributed by atoms with E-state index in [4.69, 9.17) is 19.4 Å². The van der Waals surface area contributed by atoms with Crippen LogP contribution in [0.15, 0.2) is 24.7 Å². The van der Waals surface area contributed by atoms with Crippen molar-refractivity contribution in [2.45, 2.75) is 63.7 Å². The number of amides is 1. The lowest BCUT2D eigenvalue weighted by Gasteiger charge is -2.49. The molecule has 2 fully saturated rings. The van der Waals surface area contributed by atoms with Crippen molar-refractivity contribution in [3.63, 3.8) is 0 Å². The molecular formula is C32H42FN7O3. The van der Waals surface area contributed by atoms with Gasteiger partial charge in [0.2, 0.25) is 5.75 Å². The van der Waals surface area contributed by atoms with E-state index in [0.717, 1.165) is 62.5 Å². The number of halogens is 1. The maximum atomic E-state index is 13.9. The third-order valence-corrected chi connectivity index (χ3v) is 9.99. The van der Waals surface area contributed by atoms with E-state index >= 15 is 0 Å². The van der Waals surface area contributed by atoms with Crippen molar-refractivity contribution < 1.29 is 18.7 Å². The van der Waals surface area contributed by atoms with Crippen LogP contribution in [0.25, 0.3) is 0 Å². The van der Waals surface area contributed by atoms with E-state index in [1.807, 2.05) is 13.1 Å². The highest BCUT2D eigenvalue weighted by molar-refractivity contribution is 5.91. The number of fused-ring (bicyclic) bond motifs is 6. The number of anilines is 3. The van der Waals surface area contributed by atoms with Gasteiger partial charge in [-0.1, -0.05) is 6.58 Å². The summed E-state index contributed by atoms with van der Waals surface area (Å²) in [5, 5.41) is 0. The van der Waals surface area contributed by atoms with Gasteiger partial charge in [0.05, 0.1) is 29.7 Å². The van der Waals surface area contributed by atoms with Crippen LogP contribution in [-0.2, 0) is 24.2 Å². The molecule has 10 nitrogen and oxygen atoms in total. The Morgan fingerprint density at radius 3 is 2.81 bits per heavy atom. The van der Waals surface area contributed by atoms with E-state index in [1.165, 1.54) is 23.2 Å². The van der Waals surface area contributed by atoms with Crippen LogP contribution in [0.1, 0.15) is 43.0 Å². The first-order valence-electron chi connectivity index (χ1n) is 15.7. The number of carbonyl (C=O) groups excluding carboxylic acids is 1. The maximum absolute atomic E-state index is 13.9. The summed E-state index contributed by atoms with van der Waals surface area (Å²) in [4.78, 5) is 33.6. The van der Waals surface area contributed by atoms with Crippen LogP contribution in [0.4, 0.5) is 21.6 Å². The number of ether oxygens (including phenoxy) is 2. The van der Waals surface area contributed by atoms with Crippen LogP contribution < -0.4 is 24.2 Å². The van der Waals surface area contributed by atoms with Crippen LogP contribution in [0.5, 0.6) is 11.6 Å². The molecule has 0 N–H and O–H groups in total. The predicted octanol–water partition coefficient (Wildman–Crippen LogP) is 3.18. The van der Waals surface area contributed by atoms with Crippen LogP contribution >= 0.6 is 0 Å². The molecular weight excluding hydrogens is 549 g/mol. The molecule has 2 aromatic heterocycles. The lowest BCUT2D eigenvalue weighted by molar-refractivity contribution is -0.131. The lowest BCUT2D eigenvalue weighted by atomic mass is 9.96. The third kappa shape index (κ3) is 4.95. The smallest absolute Gasteiger partial charge is 0.282 e. The summed E-state index contributed by atoms with van der Waals surface area (Å²) in [5.41, 5.74) is 5.74. The molecule has 0 saturated carbocycles. The molecule has 1 amide bonds. The number of nitrogens with zero attached hydrogens (tertiary/aromatic N) is 7. The molecule has 0 aliphatic carbocycles. The van der Waals surface area contributed by atoms with E-state index in [2.05, 4.69) is 46.3 Å². The average Bonchev–Trinajstić information content (AvgIpc) is 3.42. The van der Waals surface area contributed by atoms with Gasteiger partial charge in [0, 0.05) is 57.1 Å². The first kappa shape index (κ1) is 28.2.